The van der Waals surface area contributed by atoms with Crippen LogP contribution in [0.2, 0.25) is 0 Å². The number of rotatable bonds is 4. The van der Waals surface area contributed by atoms with E-state index in [2.05, 4.69) is 17.1 Å². The van der Waals surface area contributed by atoms with E-state index in [-0.39, 0.29) is 5.91 Å². The van der Waals surface area contributed by atoms with Crippen LogP contribution < -0.4 is 0 Å². The first-order valence-electron chi connectivity index (χ1n) is 7.32. The lowest BCUT2D eigenvalue weighted by Crippen LogP contribution is -2.33. The van der Waals surface area contributed by atoms with E-state index < -0.39 is 0 Å². The average Bonchev–Trinajstić information content (AvgIpc) is 2.87. The van der Waals surface area contributed by atoms with Gasteiger partial charge in [-0.05, 0) is 17.7 Å². The molecule has 22 heavy (non-hydrogen) atoms. The SMILES string of the molecule is O=C(c1coc(SCc2ccccc2)n1)N1CCCSCC1. The van der Waals surface area contributed by atoms with Gasteiger partial charge in [0.05, 0.1) is 0 Å². The number of carbonyl (C=O) groups is 1. The third-order valence-electron chi connectivity index (χ3n) is 3.42. The lowest BCUT2D eigenvalue weighted by molar-refractivity contribution is 0.0762. The normalized spacial score (nSPS) is 15.5. The fraction of sp³-hybridized carbons (Fsp3) is 0.375. The zero-order chi connectivity index (χ0) is 15.2. The Kier molecular flexibility index (Phi) is 5.45. The summed E-state index contributed by atoms with van der Waals surface area (Å²) in [4.78, 5) is 18.6. The summed E-state index contributed by atoms with van der Waals surface area (Å²) in [6, 6.07) is 10.2. The minimum Gasteiger partial charge on any atom is -0.439 e. The Morgan fingerprint density at radius 3 is 3.00 bits per heavy atom. The van der Waals surface area contributed by atoms with E-state index in [9.17, 15) is 4.79 Å². The third kappa shape index (κ3) is 4.08. The molecule has 1 aliphatic heterocycles. The summed E-state index contributed by atoms with van der Waals surface area (Å²) in [5, 5.41) is 0.552. The molecule has 3 rings (SSSR count). The van der Waals surface area contributed by atoms with Crippen molar-refractivity contribution in [3.63, 3.8) is 0 Å². The number of amides is 1. The summed E-state index contributed by atoms with van der Waals surface area (Å²) in [6.45, 7) is 1.61. The van der Waals surface area contributed by atoms with Crippen LogP contribution in [-0.2, 0) is 5.75 Å². The van der Waals surface area contributed by atoms with Gasteiger partial charge in [-0.3, -0.25) is 4.79 Å². The van der Waals surface area contributed by atoms with Crippen molar-refractivity contribution in [2.24, 2.45) is 0 Å². The van der Waals surface area contributed by atoms with E-state index in [0.29, 0.717) is 10.9 Å². The number of thioether (sulfide) groups is 2. The Hall–Kier alpha value is -1.40. The van der Waals surface area contributed by atoms with Crippen molar-refractivity contribution in [2.75, 3.05) is 24.6 Å². The summed E-state index contributed by atoms with van der Waals surface area (Å²) in [5.41, 5.74) is 1.63. The zero-order valence-electron chi connectivity index (χ0n) is 12.2. The number of carbonyl (C=O) groups excluding carboxylic acids is 1. The highest BCUT2D eigenvalue weighted by Gasteiger charge is 2.20. The second kappa shape index (κ2) is 7.74. The van der Waals surface area contributed by atoms with E-state index in [4.69, 9.17) is 4.42 Å². The number of hydrogen-bond donors (Lipinski definition) is 0. The predicted octanol–water partition coefficient (Wildman–Crippen LogP) is 3.55. The maximum atomic E-state index is 12.4. The Morgan fingerprint density at radius 1 is 1.27 bits per heavy atom. The first-order valence-corrected chi connectivity index (χ1v) is 9.46. The van der Waals surface area contributed by atoms with Crippen molar-refractivity contribution >= 4 is 29.4 Å². The summed E-state index contributed by atoms with van der Waals surface area (Å²) in [7, 11) is 0. The molecule has 1 aromatic heterocycles. The van der Waals surface area contributed by atoms with Gasteiger partial charge in [0.2, 0.25) is 0 Å². The van der Waals surface area contributed by atoms with Gasteiger partial charge in [0.25, 0.3) is 11.1 Å². The smallest absolute Gasteiger partial charge is 0.275 e. The maximum Gasteiger partial charge on any atom is 0.275 e. The summed E-state index contributed by atoms with van der Waals surface area (Å²) >= 11 is 3.41. The molecule has 0 saturated carbocycles. The topological polar surface area (TPSA) is 46.3 Å². The highest BCUT2D eigenvalue weighted by molar-refractivity contribution is 7.99. The van der Waals surface area contributed by atoms with Crippen molar-refractivity contribution in [1.29, 1.82) is 0 Å². The van der Waals surface area contributed by atoms with Crippen molar-refractivity contribution < 1.29 is 9.21 Å². The maximum absolute atomic E-state index is 12.4. The molecule has 1 aromatic carbocycles. The molecule has 0 N–H and O–H groups in total. The van der Waals surface area contributed by atoms with E-state index in [1.165, 1.54) is 23.6 Å². The van der Waals surface area contributed by atoms with Crippen molar-refractivity contribution in [3.8, 4) is 0 Å². The second-order valence-corrected chi connectivity index (χ2v) is 7.18. The van der Waals surface area contributed by atoms with Gasteiger partial charge in [-0.2, -0.15) is 16.7 Å². The van der Waals surface area contributed by atoms with Crippen molar-refractivity contribution in [1.82, 2.24) is 9.88 Å². The van der Waals surface area contributed by atoms with Gasteiger partial charge in [0, 0.05) is 24.6 Å². The minimum atomic E-state index is -0.0159. The Labute approximate surface area is 138 Å². The molecule has 2 heterocycles. The summed E-state index contributed by atoms with van der Waals surface area (Å²) in [5.74, 6) is 2.90. The van der Waals surface area contributed by atoms with Crippen LogP contribution in [0, 0.1) is 0 Å². The van der Waals surface area contributed by atoms with Crippen LogP contribution in [0.3, 0.4) is 0 Å². The highest BCUT2D eigenvalue weighted by Crippen LogP contribution is 2.22. The standard InChI is InChI=1S/C16H18N2O2S2/c19-15(18-7-4-9-21-10-8-18)14-11-20-16(17-14)22-12-13-5-2-1-3-6-13/h1-3,5-6,11H,4,7-10,12H2. The average molecular weight is 334 g/mol. The molecule has 0 spiro atoms. The summed E-state index contributed by atoms with van der Waals surface area (Å²) < 4.78 is 5.43. The van der Waals surface area contributed by atoms with Gasteiger partial charge >= 0.3 is 0 Å². The van der Waals surface area contributed by atoms with E-state index >= 15 is 0 Å². The molecule has 116 valence electrons. The van der Waals surface area contributed by atoms with Gasteiger partial charge in [0.15, 0.2) is 5.69 Å². The quantitative estimate of drug-likeness (QED) is 0.800. The zero-order valence-corrected chi connectivity index (χ0v) is 13.9. The van der Waals surface area contributed by atoms with Gasteiger partial charge in [0.1, 0.15) is 6.26 Å². The Bertz CT molecular complexity index is 608. The molecule has 2 aromatic rings. The van der Waals surface area contributed by atoms with E-state index in [1.54, 1.807) is 0 Å². The largest absolute Gasteiger partial charge is 0.439 e. The number of oxazole rings is 1. The Balaban J connectivity index is 1.59. The first-order chi connectivity index (χ1) is 10.8. The van der Waals surface area contributed by atoms with Crippen molar-refractivity contribution in [3.05, 3.63) is 47.9 Å². The van der Waals surface area contributed by atoms with Crippen molar-refractivity contribution in [2.45, 2.75) is 17.4 Å². The molecule has 1 amide bonds. The number of nitrogens with zero attached hydrogens (tertiary/aromatic N) is 2. The lowest BCUT2D eigenvalue weighted by Gasteiger charge is -2.18. The fourth-order valence-electron chi connectivity index (χ4n) is 2.25. The fourth-order valence-corrected chi connectivity index (χ4v) is 3.90. The number of benzene rings is 1. The second-order valence-electron chi connectivity index (χ2n) is 5.03. The van der Waals surface area contributed by atoms with Crippen LogP contribution in [0.15, 0.2) is 46.2 Å². The van der Waals surface area contributed by atoms with Gasteiger partial charge in [-0.1, -0.05) is 42.1 Å². The van der Waals surface area contributed by atoms with Gasteiger partial charge in [-0.25, -0.2) is 0 Å². The molecule has 6 heteroatoms. The van der Waals surface area contributed by atoms with Crippen LogP contribution in [0.5, 0.6) is 0 Å². The lowest BCUT2D eigenvalue weighted by atomic mass is 10.2. The third-order valence-corrected chi connectivity index (χ3v) is 5.38. The number of aromatic nitrogens is 1. The van der Waals surface area contributed by atoms with Crippen LogP contribution >= 0.6 is 23.5 Å². The molecule has 0 aliphatic carbocycles. The molecule has 4 nitrogen and oxygen atoms in total. The van der Waals surface area contributed by atoms with Crippen LogP contribution in [0.4, 0.5) is 0 Å². The predicted molar refractivity (Wildman–Crippen MR) is 90.4 cm³/mol. The highest BCUT2D eigenvalue weighted by atomic mass is 32.2. The molecule has 0 bridgehead atoms. The molecule has 0 unspecified atom stereocenters. The molecule has 1 saturated heterocycles. The van der Waals surface area contributed by atoms with Gasteiger partial charge in [-0.15, -0.1) is 0 Å². The molecular weight excluding hydrogens is 316 g/mol. The number of hydrogen-bond acceptors (Lipinski definition) is 5. The minimum absolute atomic E-state index is 0.0159. The van der Waals surface area contributed by atoms with E-state index in [0.717, 1.165) is 36.8 Å². The molecular formula is C16H18N2O2S2. The molecule has 0 atom stereocenters. The van der Waals surface area contributed by atoms with E-state index in [1.807, 2.05) is 34.9 Å². The monoisotopic (exact) mass is 334 g/mol. The molecule has 1 fully saturated rings. The molecule has 1 aliphatic rings. The van der Waals surface area contributed by atoms with Gasteiger partial charge < -0.3 is 9.32 Å². The summed E-state index contributed by atoms with van der Waals surface area (Å²) in [6.07, 6.45) is 2.53. The first kappa shape index (κ1) is 15.5. The van der Waals surface area contributed by atoms with Crippen LogP contribution in [0.1, 0.15) is 22.5 Å². The molecule has 0 radical (unpaired) electrons. The van der Waals surface area contributed by atoms with Crippen LogP contribution in [-0.4, -0.2) is 40.4 Å². The Morgan fingerprint density at radius 2 is 2.14 bits per heavy atom. The van der Waals surface area contributed by atoms with Crippen LogP contribution in [0.25, 0.3) is 0 Å².